The van der Waals surface area contributed by atoms with E-state index in [-0.39, 0.29) is 17.7 Å². The highest BCUT2D eigenvalue weighted by Crippen LogP contribution is 2.29. The number of benzene rings is 2. The van der Waals surface area contributed by atoms with E-state index in [9.17, 15) is 4.79 Å². The summed E-state index contributed by atoms with van der Waals surface area (Å²) in [5.74, 6) is 0.170. The number of nitrogens with zero attached hydrogens (tertiary/aromatic N) is 1. The van der Waals surface area contributed by atoms with Crippen molar-refractivity contribution in [1.29, 1.82) is 0 Å². The molecule has 0 spiro atoms. The van der Waals surface area contributed by atoms with Crippen molar-refractivity contribution in [2.75, 3.05) is 31.6 Å². The second kappa shape index (κ2) is 8.21. The van der Waals surface area contributed by atoms with E-state index >= 15 is 0 Å². The zero-order chi connectivity index (χ0) is 18.6. The van der Waals surface area contributed by atoms with Crippen LogP contribution in [0.15, 0.2) is 48.5 Å². The molecule has 2 heterocycles. The fourth-order valence-corrected chi connectivity index (χ4v) is 4.21. The first-order valence-electron chi connectivity index (χ1n) is 9.70. The van der Waals surface area contributed by atoms with Crippen molar-refractivity contribution in [3.05, 3.63) is 65.2 Å². The van der Waals surface area contributed by atoms with Gasteiger partial charge in [-0.2, -0.15) is 0 Å². The van der Waals surface area contributed by atoms with Gasteiger partial charge in [-0.05, 0) is 36.1 Å². The van der Waals surface area contributed by atoms with Crippen LogP contribution in [0.3, 0.4) is 0 Å². The minimum atomic E-state index is -0.0842. The first-order valence-corrected chi connectivity index (χ1v) is 9.70. The summed E-state index contributed by atoms with van der Waals surface area (Å²) in [7, 11) is 0. The Morgan fingerprint density at radius 3 is 2.81 bits per heavy atom. The van der Waals surface area contributed by atoms with Gasteiger partial charge in [0, 0.05) is 30.9 Å². The van der Waals surface area contributed by atoms with E-state index in [1.54, 1.807) is 0 Å². The maximum absolute atomic E-state index is 13.0. The van der Waals surface area contributed by atoms with Gasteiger partial charge in [0.05, 0.1) is 19.1 Å². The lowest BCUT2D eigenvalue weighted by molar-refractivity contribution is -0.120. The first-order chi connectivity index (χ1) is 13.2. The third kappa shape index (κ3) is 4.05. The molecule has 0 aromatic heterocycles. The molecule has 2 atom stereocenters. The van der Waals surface area contributed by atoms with Crippen LogP contribution in [0, 0.1) is 11.8 Å². The van der Waals surface area contributed by atoms with Crippen LogP contribution in [-0.4, -0.2) is 37.0 Å². The predicted molar refractivity (Wildman–Crippen MR) is 106 cm³/mol. The normalized spacial score (nSPS) is 22.4. The van der Waals surface area contributed by atoms with Crippen molar-refractivity contribution in [2.24, 2.45) is 17.6 Å². The molecule has 2 aliphatic rings. The van der Waals surface area contributed by atoms with Gasteiger partial charge in [-0.1, -0.05) is 42.5 Å². The van der Waals surface area contributed by atoms with Crippen LogP contribution in [-0.2, 0) is 29.1 Å². The standard InChI is InChI=1S/C22H27N3O2/c23-11-18-13-25(12-16-5-2-1-3-6-16)14-19(18)22(26)24-21-8-4-7-17-9-10-27-15-20(17)21/h1-8,18-19H,9-15,23H2,(H,24,26)/t18-,19-/m1/s1. The van der Waals surface area contributed by atoms with Crippen LogP contribution in [0.1, 0.15) is 16.7 Å². The molecule has 5 heteroatoms. The molecule has 3 N–H and O–H groups in total. The van der Waals surface area contributed by atoms with Crippen molar-refractivity contribution >= 4 is 11.6 Å². The number of hydrogen-bond acceptors (Lipinski definition) is 4. The molecule has 2 aromatic carbocycles. The first kappa shape index (κ1) is 18.2. The lowest BCUT2D eigenvalue weighted by Crippen LogP contribution is -2.33. The Morgan fingerprint density at radius 1 is 1.15 bits per heavy atom. The SMILES string of the molecule is NC[C@@H]1CN(Cc2ccccc2)C[C@H]1C(=O)Nc1cccc2c1COCC2. The number of nitrogens with two attached hydrogens (primary N) is 1. The topological polar surface area (TPSA) is 67.6 Å². The molecule has 0 aliphatic carbocycles. The Hall–Kier alpha value is -2.21. The molecule has 2 aromatic rings. The highest BCUT2D eigenvalue weighted by Gasteiger charge is 2.36. The van der Waals surface area contributed by atoms with E-state index in [2.05, 4.69) is 40.5 Å². The Kier molecular flexibility index (Phi) is 5.53. The summed E-state index contributed by atoms with van der Waals surface area (Å²) >= 11 is 0. The van der Waals surface area contributed by atoms with E-state index in [1.165, 1.54) is 11.1 Å². The number of likely N-dealkylation sites (tertiary alicyclic amines) is 1. The number of nitrogens with one attached hydrogen (secondary N) is 1. The Balaban J connectivity index is 1.45. The zero-order valence-corrected chi connectivity index (χ0v) is 15.6. The summed E-state index contributed by atoms with van der Waals surface area (Å²) in [6.45, 7) is 4.30. The molecule has 0 unspecified atom stereocenters. The summed E-state index contributed by atoms with van der Waals surface area (Å²) < 4.78 is 5.59. The van der Waals surface area contributed by atoms with Gasteiger partial charge in [-0.25, -0.2) is 0 Å². The van der Waals surface area contributed by atoms with Gasteiger partial charge in [0.2, 0.25) is 5.91 Å². The van der Waals surface area contributed by atoms with E-state index in [4.69, 9.17) is 10.5 Å². The van der Waals surface area contributed by atoms with Crippen molar-refractivity contribution in [2.45, 2.75) is 19.6 Å². The molecule has 0 bridgehead atoms. The average molecular weight is 365 g/mol. The number of anilines is 1. The van der Waals surface area contributed by atoms with Gasteiger partial charge in [0.1, 0.15) is 0 Å². The lowest BCUT2D eigenvalue weighted by atomic mass is 9.94. The van der Waals surface area contributed by atoms with Gasteiger partial charge in [0.15, 0.2) is 0 Å². The molecule has 2 aliphatic heterocycles. The van der Waals surface area contributed by atoms with Crippen molar-refractivity contribution in [3.63, 3.8) is 0 Å². The van der Waals surface area contributed by atoms with Crippen molar-refractivity contribution in [1.82, 2.24) is 4.90 Å². The molecule has 0 saturated carbocycles. The predicted octanol–water partition coefficient (Wildman–Crippen LogP) is 2.40. The summed E-state index contributed by atoms with van der Waals surface area (Å²) in [5.41, 5.74) is 10.5. The second-order valence-corrected chi connectivity index (χ2v) is 7.52. The zero-order valence-electron chi connectivity index (χ0n) is 15.6. The number of rotatable bonds is 5. The van der Waals surface area contributed by atoms with Crippen molar-refractivity contribution < 1.29 is 9.53 Å². The maximum Gasteiger partial charge on any atom is 0.229 e. The average Bonchev–Trinajstić information content (AvgIpc) is 3.12. The van der Waals surface area contributed by atoms with E-state index in [0.29, 0.717) is 13.2 Å². The number of fused-ring (bicyclic) bond motifs is 1. The molecule has 0 radical (unpaired) electrons. The summed E-state index contributed by atoms with van der Waals surface area (Å²) in [5, 5.41) is 3.16. The summed E-state index contributed by atoms with van der Waals surface area (Å²) in [6.07, 6.45) is 0.902. The number of amides is 1. The number of ether oxygens (including phenoxy) is 1. The molecule has 5 nitrogen and oxygen atoms in total. The molecule has 142 valence electrons. The van der Waals surface area contributed by atoms with Gasteiger partial charge >= 0.3 is 0 Å². The highest BCUT2D eigenvalue weighted by molar-refractivity contribution is 5.94. The lowest BCUT2D eigenvalue weighted by Gasteiger charge is -2.22. The van der Waals surface area contributed by atoms with Crippen LogP contribution in [0.2, 0.25) is 0 Å². The number of hydrogen-bond donors (Lipinski definition) is 2. The van der Waals surface area contributed by atoms with E-state index in [1.807, 2.05) is 18.2 Å². The smallest absolute Gasteiger partial charge is 0.229 e. The van der Waals surface area contributed by atoms with Crippen molar-refractivity contribution in [3.8, 4) is 0 Å². The molecule has 4 rings (SSSR count). The molecule has 27 heavy (non-hydrogen) atoms. The fourth-order valence-electron chi connectivity index (χ4n) is 4.21. The third-order valence-electron chi connectivity index (χ3n) is 5.70. The minimum absolute atomic E-state index is 0.0694. The monoisotopic (exact) mass is 365 g/mol. The van der Waals surface area contributed by atoms with Gasteiger partial charge in [0.25, 0.3) is 0 Å². The Morgan fingerprint density at radius 2 is 2.00 bits per heavy atom. The van der Waals surface area contributed by atoms with Crippen LogP contribution < -0.4 is 11.1 Å². The fraction of sp³-hybridized carbons (Fsp3) is 0.409. The second-order valence-electron chi connectivity index (χ2n) is 7.52. The number of carbonyl (C=O) groups excluding carboxylic acids is 1. The van der Waals surface area contributed by atoms with Crippen LogP contribution in [0.4, 0.5) is 5.69 Å². The number of carbonyl (C=O) groups is 1. The largest absolute Gasteiger partial charge is 0.376 e. The minimum Gasteiger partial charge on any atom is -0.376 e. The molecular weight excluding hydrogens is 338 g/mol. The molecular formula is C22H27N3O2. The molecule has 1 saturated heterocycles. The summed E-state index contributed by atoms with van der Waals surface area (Å²) in [4.78, 5) is 15.4. The van der Waals surface area contributed by atoms with Gasteiger partial charge in [-0.3, -0.25) is 9.69 Å². The van der Waals surface area contributed by atoms with Crippen LogP contribution in [0.25, 0.3) is 0 Å². The Labute approximate surface area is 160 Å². The van der Waals surface area contributed by atoms with E-state index < -0.39 is 0 Å². The molecule has 1 fully saturated rings. The van der Waals surface area contributed by atoms with Crippen LogP contribution >= 0.6 is 0 Å². The highest BCUT2D eigenvalue weighted by atomic mass is 16.5. The van der Waals surface area contributed by atoms with E-state index in [0.717, 1.165) is 43.9 Å². The van der Waals surface area contributed by atoms with Crippen LogP contribution in [0.5, 0.6) is 0 Å². The maximum atomic E-state index is 13.0. The van der Waals surface area contributed by atoms with Gasteiger partial charge in [-0.15, -0.1) is 0 Å². The Bertz CT molecular complexity index is 793. The quantitative estimate of drug-likeness (QED) is 0.854. The van der Waals surface area contributed by atoms with Gasteiger partial charge < -0.3 is 15.8 Å². The summed E-state index contributed by atoms with van der Waals surface area (Å²) in [6, 6.07) is 16.5. The third-order valence-corrected chi connectivity index (χ3v) is 5.70. The molecule has 1 amide bonds.